The van der Waals surface area contributed by atoms with Gasteiger partial charge in [-0.25, -0.2) is 0 Å². The van der Waals surface area contributed by atoms with Crippen molar-refractivity contribution in [1.82, 2.24) is 4.90 Å². The van der Waals surface area contributed by atoms with Gasteiger partial charge in [-0.2, -0.15) is 0 Å². The molecule has 0 bridgehead atoms. The second-order valence-electron chi connectivity index (χ2n) is 5.78. The summed E-state index contributed by atoms with van der Waals surface area (Å²) in [4.78, 5) is 2.67. The number of nitrogens with zero attached hydrogens (tertiary/aromatic N) is 1. The van der Waals surface area contributed by atoms with Crippen LogP contribution >= 0.6 is 0 Å². The van der Waals surface area contributed by atoms with Crippen LogP contribution in [0.3, 0.4) is 0 Å². The second kappa shape index (κ2) is 5.31. The largest absolute Gasteiger partial charge is 0.328 e. The summed E-state index contributed by atoms with van der Waals surface area (Å²) >= 11 is 0. The molecule has 15 heavy (non-hydrogen) atoms. The molecule has 2 N–H and O–H groups in total. The molecule has 88 valence electrons. The highest BCUT2D eigenvalue weighted by atomic mass is 15.1. The normalized spacial score (nSPS) is 35.6. The minimum absolute atomic E-state index is 0.493. The molecule has 1 heterocycles. The van der Waals surface area contributed by atoms with Crippen LogP contribution in [0.4, 0.5) is 0 Å². The fourth-order valence-corrected chi connectivity index (χ4v) is 3.11. The van der Waals surface area contributed by atoms with Gasteiger partial charge in [-0.1, -0.05) is 13.3 Å². The van der Waals surface area contributed by atoms with Crippen LogP contribution in [0.5, 0.6) is 0 Å². The maximum atomic E-state index is 6.03. The predicted octanol–water partition coefficient (Wildman–Crippen LogP) is 2.24. The Labute approximate surface area is 94.2 Å². The Hall–Kier alpha value is -0.0800. The van der Waals surface area contributed by atoms with Crippen molar-refractivity contribution in [2.75, 3.05) is 19.6 Å². The van der Waals surface area contributed by atoms with Gasteiger partial charge < -0.3 is 10.6 Å². The van der Waals surface area contributed by atoms with Crippen LogP contribution in [-0.2, 0) is 0 Å². The quantitative estimate of drug-likeness (QED) is 0.757. The third-order valence-corrected chi connectivity index (χ3v) is 4.22. The number of hydrogen-bond acceptors (Lipinski definition) is 2. The number of likely N-dealkylation sites (tertiary alicyclic amines) is 1. The SMILES string of the molecule is CC1CCN(CC2CCCC(N)C2)CC1. The van der Waals surface area contributed by atoms with E-state index in [1.807, 2.05) is 0 Å². The summed E-state index contributed by atoms with van der Waals surface area (Å²) in [5.74, 6) is 1.84. The molecule has 2 fully saturated rings. The fraction of sp³-hybridized carbons (Fsp3) is 1.00. The monoisotopic (exact) mass is 210 g/mol. The second-order valence-corrected chi connectivity index (χ2v) is 5.78. The van der Waals surface area contributed by atoms with Crippen molar-refractivity contribution in [3.8, 4) is 0 Å². The van der Waals surface area contributed by atoms with E-state index in [4.69, 9.17) is 5.73 Å². The van der Waals surface area contributed by atoms with Gasteiger partial charge in [0, 0.05) is 12.6 Å². The minimum Gasteiger partial charge on any atom is -0.328 e. The van der Waals surface area contributed by atoms with Crippen molar-refractivity contribution in [1.29, 1.82) is 0 Å². The molecule has 1 saturated heterocycles. The van der Waals surface area contributed by atoms with E-state index in [1.165, 1.54) is 58.2 Å². The summed E-state index contributed by atoms with van der Waals surface area (Å²) in [7, 11) is 0. The number of rotatable bonds is 2. The number of nitrogens with two attached hydrogens (primary N) is 1. The molecule has 1 aliphatic carbocycles. The van der Waals surface area contributed by atoms with Crippen LogP contribution in [0.15, 0.2) is 0 Å². The van der Waals surface area contributed by atoms with Crippen molar-refractivity contribution in [2.45, 2.75) is 51.5 Å². The third-order valence-electron chi connectivity index (χ3n) is 4.22. The van der Waals surface area contributed by atoms with Crippen LogP contribution in [0.1, 0.15) is 45.4 Å². The first-order valence-electron chi connectivity index (χ1n) is 6.72. The zero-order valence-electron chi connectivity index (χ0n) is 10.1. The molecule has 2 unspecified atom stereocenters. The van der Waals surface area contributed by atoms with E-state index in [2.05, 4.69) is 11.8 Å². The van der Waals surface area contributed by atoms with Crippen LogP contribution < -0.4 is 5.73 Å². The average Bonchev–Trinajstić information content (AvgIpc) is 2.22. The van der Waals surface area contributed by atoms with Gasteiger partial charge in [0.2, 0.25) is 0 Å². The molecule has 1 saturated carbocycles. The Kier molecular flexibility index (Phi) is 4.04. The van der Waals surface area contributed by atoms with E-state index in [0.29, 0.717) is 6.04 Å². The topological polar surface area (TPSA) is 29.3 Å². The van der Waals surface area contributed by atoms with Crippen LogP contribution in [0, 0.1) is 11.8 Å². The van der Waals surface area contributed by atoms with Gasteiger partial charge in [-0.15, -0.1) is 0 Å². The maximum absolute atomic E-state index is 6.03. The molecule has 1 aliphatic heterocycles. The molecule has 0 aromatic heterocycles. The molecule has 0 radical (unpaired) electrons. The molecule has 0 aromatic carbocycles. The van der Waals surface area contributed by atoms with Crippen molar-refractivity contribution in [2.24, 2.45) is 17.6 Å². The average molecular weight is 210 g/mol. The van der Waals surface area contributed by atoms with E-state index < -0.39 is 0 Å². The summed E-state index contributed by atoms with van der Waals surface area (Å²) in [6.07, 6.45) is 8.10. The lowest BCUT2D eigenvalue weighted by atomic mass is 9.85. The van der Waals surface area contributed by atoms with Crippen molar-refractivity contribution < 1.29 is 0 Å². The molecule has 0 amide bonds. The van der Waals surface area contributed by atoms with Crippen LogP contribution in [0.2, 0.25) is 0 Å². The zero-order chi connectivity index (χ0) is 10.7. The summed E-state index contributed by atoms with van der Waals surface area (Å²) in [6.45, 7) is 6.36. The molecule has 0 spiro atoms. The first-order chi connectivity index (χ1) is 7.24. The maximum Gasteiger partial charge on any atom is 0.00419 e. The minimum atomic E-state index is 0.493. The Balaban J connectivity index is 1.71. The molecule has 2 nitrogen and oxygen atoms in total. The van der Waals surface area contributed by atoms with Gasteiger partial charge in [0.05, 0.1) is 0 Å². The lowest BCUT2D eigenvalue weighted by Gasteiger charge is -2.35. The highest BCUT2D eigenvalue weighted by Crippen LogP contribution is 2.25. The highest BCUT2D eigenvalue weighted by molar-refractivity contribution is 4.79. The van der Waals surface area contributed by atoms with Crippen molar-refractivity contribution in [3.05, 3.63) is 0 Å². The fourth-order valence-electron chi connectivity index (χ4n) is 3.11. The van der Waals surface area contributed by atoms with E-state index in [-0.39, 0.29) is 0 Å². The predicted molar refractivity (Wildman–Crippen MR) is 64.8 cm³/mol. The standard InChI is InChI=1S/C13H26N2/c1-11-5-7-15(8-6-11)10-12-3-2-4-13(14)9-12/h11-13H,2-10,14H2,1H3. The van der Waals surface area contributed by atoms with Gasteiger partial charge in [0.15, 0.2) is 0 Å². The lowest BCUT2D eigenvalue weighted by Crippen LogP contribution is -2.39. The summed E-state index contributed by atoms with van der Waals surface area (Å²) < 4.78 is 0. The van der Waals surface area contributed by atoms with Crippen molar-refractivity contribution >= 4 is 0 Å². The Morgan fingerprint density at radius 1 is 1.13 bits per heavy atom. The molecular weight excluding hydrogens is 184 g/mol. The smallest absolute Gasteiger partial charge is 0.00419 e. The van der Waals surface area contributed by atoms with Crippen LogP contribution in [-0.4, -0.2) is 30.6 Å². The Morgan fingerprint density at radius 2 is 1.87 bits per heavy atom. The molecule has 2 rings (SSSR count). The molecule has 0 aromatic rings. The summed E-state index contributed by atoms with van der Waals surface area (Å²) in [6, 6.07) is 0.493. The zero-order valence-corrected chi connectivity index (χ0v) is 10.1. The van der Waals surface area contributed by atoms with Gasteiger partial charge >= 0.3 is 0 Å². The first-order valence-corrected chi connectivity index (χ1v) is 6.72. The molecular formula is C13H26N2. The Morgan fingerprint density at radius 3 is 2.53 bits per heavy atom. The van der Waals surface area contributed by atoms with Crippen molar-refractivity contribution in [3.63, 3.8) is 0 Å². The van der Waals surface area contributed by atoms with Gasteiger partial charge in [-0.3, -0.25) is 0 Å². The highest BCUT2D eigenvalue weighted by Gasteiger charge is 2.23. The van der Waals surface area contributed by atoms with Crippen LogP contribution in [0.25, 0.3) is 0 Å². The molecule has 2 heteroatoms. The Bertz CT molecular complexity index is 185. The van der Waals surface area contributed by atoms with Gasteiger partial charge in [-0.05, 0) is 57.0 Å². The van der Waals surface area contributed by atoms with Gasteiger partial charge in [0.25, 0.3) is 0 Å². The molecule has 2 aliphatic rings. The van der Waals surface area contributed by atoms with Gasteiger partial charge in [0.1, 0.15) is 0 Å². The third kappa shape index (κ3) is 3.46. The first kappa shape index (κ1) is 11.4. The van der Waals surface area contributed by atoms with E-state index in [1.54, 1.807) is 0 Å². The lowest BCUT2D eigenvalue weighted by molar-refractivity contribution is 0.147. The van der Waals surface area contributed by atoms with E-state index in [9.17, 15) is 0 Å². The summed E-state index contributed by atoms with van der Waals surface area (Å²) in [5.41, 5.74) is 6.03. The summed E-state index contributed by atoms with van der Waals surface area (Å²) in [5, 5.41) is 0. The van der Waals surface area contributed by atoms with E-state index >= 15 is 0 Å². The molecule has 2 atom stereocenters. The number of piperidine rings is 1. The number of hydrogen-bond donors (Lipinski definition) is 1. The van der Waals surface area contributed by atoms with E-state index in [0.717, 1.165) is 11.8 Å².